The molecule has 29 heavy (non-hydrogen) atoms. The zero-order valence-corrected chi connectivity index (χ0v) is 16.6. The number of aromatic nitrogens is 2. The fourth-order valence-corrected chi connectivity index (χ4v) is 4.53. The fraction of sp³-hybridized carbons (Fsp3) is 0.333. The van der Waals surface area contributed by atoms with Gasteiger partial charge in [-0.3, -0.25) is 4.79 Å². The molecule has 2 aromatic carbocycles. The highest BCUT2D eigenvalue weighted by Crippen LogP contribution is 2.29. The fourth-order valence-electron chi connectivity index (χ4n) is 4.53. The average Bonchev–Trinajstić information content (AvgIpc) is 3.25. The zero-order chi connectivity index (χ0) is 19.6. The third kappa shape index (κ3) is 3.65. The molecule has 5 rings (SSSR count). The summed E-state index contributed by atoms with van der Waals surface area (Å²) in [6, 6.07) is 16.8. The third-order valence-electron chi connectivity index (χ3n) is 6.01. The van der Waals surface area contributed by atoms with Gasteiger partial charge in [-0.25, -0.2) is 4.98 Å². The highest BCUT2D eigenvalue weighted by molar-refractivity contribution is 5.95. The number of benzene rings is 2. The van der Waals surface area contributed by atoms with Crippen LogP contribution in [0.2, 0.25) is 0 Å². The molecule has 0 spiro atoms. The SMILES string of the molecule is O=C(Cc1ccc(NC2CCCn3ccnc32)cc1)N1CCCc2ccccc21. The Balaban J connectivity index is 1.25. The van der Waals surface area contributed by atoms with Crippen molar-refractivity contribution in [3.8, 4) is 0 Å². The van der Waals surface area contributed by atoms with Gasteiger partial charge in [-0.05, 0) is 55.0 Å². The molecule has 0 radical (unpaired) electrons. The van der Waals surface area contributed by atoms with Crippen molar-refractivity contribution in [2.24, 2.45) is 0 Å². The normalized spacial score (nSPS) is 18.1. The molecule has 1 N–H and O–H groups in total. The Bertz CT molecular complexity index is 1010. The van der Waals surface area contributed by atoms with Crippen LogP contribution in [0.1, 0.15) is 42.3 Å². The van der Waals surface area contributed by atoms with Gasteiger partial charge in [0.25, 0.3) is 0 Å². The average molecular weight is 386 g/mol. The number of hydrogen-bond acceptors (Lipinski definition) is 3. The first-order chi connectivity index (χ1) is 14.3. The number of rotatable bonds is 4. The van der Waals surface area contributed by atoms with Crippen LogP contribution in [0, 0.1) is 0 Å². The number of carbonyl (C=O) groups is 1. The van der Waals surface area contributed by atoms with E-state index in [1.807, 2.05) is 17.2 Å². The predicted molar refractivity (Wildman–Crippen MR) is 115 cm³/mol. The minimum Gasteiger partial charge on any atom is -0.375 e. The number of aryl methyl sites for hydroxylation is 2. The van der Waals surface area contributed by atoms with Crippen molar-refractivity contribution in [2.75, 3.05) is 16.8 Å². The second-order valence-electron chi connectivity index (χ2n) is 7.97. The maximum atomic E-state index is 12.9. The lowest BCUT2D eigenvalue weighted by Crippen LogP contribution is -2.36. The Morgan fingerprint density at radius 2 is 1.93 bits per heavy atom. The third-order valence-corrected chi connectivity index (χ3v) is 6.01. The van der Waals surface area contributed by atoms with Gasteiger partial charge in [0, 0.05) is 36.9 Å². The Morgan fingerprint density at radius 3 is 2.83 bits per heavy atom. The smallest absolute Gasteiger partial charge is 0.231 e. The van der Waals surface area contributed by atoms with Crippen molar-refractivity contribution < 1.29 is 4.79 Å². The van der Waals surface area contributed by atoms with Crippen LogP contribution in [0.4, 0.5) is 11.4 Å². The van der Waals surface area contributed by atoms with E-state index in [2.05, 4.69) is 63.5 Å². The topological polar surface area (TPSA) is 50.2 Å². The maximum Gasteiger partial charge on any atom is 0.231 e. The minimum atomic E-state index is 0.173. The number of carbonyl (C=O) groups excluding carboxylic acids is 1. The predicted octanol–water partition coefficient (Wildman–Crippen LogP) is 4.35. The van der Waals surface area contributed by atoms with E-state index in [1.54, 1.807) is 0 Å². The van der Waals surface area contributed by atoms with Crippen LogP contribution in [0.5, 0.6) is 0 Å². The lowest BCUT2D eigenvalue weighted by Gasteiger charge is -2.29. The molecule has 3 aromatic rings. The summed E-state index contributed by atoms with van der Waals surface area (Å²) in [5.74, 6) is 1.28. The van der Waals surface area contributed by atoms with E-state index in [1.165, 1.54) is 5.56 Å². The number of fused-ring (bicyclic) bond motifs is 2. The molecule has 2 aliphatic heterocycles. The molecule has 1 atom stereocenters. The van der Waals surface area contributed by atoms with Crippen molar-refractivity contribution in [2.45, 2.75) is 44.7 Å². The standard InChI is InChI=1S/C24H26N4O/c29-23(28-15-3-6-19-5-1-2-8-22(19)28)17-18-9-11-20(12-10-18)26-21-7-4-14-27-16-13-25-24(21)27/h1-2,5,8-13,16,21,26H,3-4,6-7,14-15,17H2. The summed E-state index contributed by atoms with van der Waals surface area (Å²) in [5, 5.41) is 3.60. The van der Waals surface area contributed by atoms with Gasteiger partial charge >= 0.3 is 0 Å². The van der Waals surface area contributed by atoms with Crippen LogP contribution >= 0.6 is 0 Å². The van der Waals surface area contributed by atoms with E-state index >= 15 is 0 Å². The Hall–Kier alpha value is -3.08. The molecular formula is C24H26N4O. The van der Waals surface area contributed by atoms with Gasteiger partial charge in [0.2, 0.25) is 5.91 Å². The molecular weight excluding hydrogens is 360 g/mol. The van der Waals surface area contributed by atoms with Gasteiger partial charge in [-0.15, -0.1) is 0 Å². The molecule has 2 aliphatic rings. The van der Waals surface area contributed by atoms with Crippen LogP contribution in [-0.4, -0.2) is 22.0 Å². The van der Waals surface area contributed by atoms with Crippen LogP contribution in [0.15, 0.2) is 60.9 Å². The Labute approximate surface area is 171 Å². The summed E-state index contributed by atoms with van der Waals surface area (Å²) >= 11 is 0. The van der Waals surface area contributed by atoms with E-state index in [9.17, 15) is 4.79 Å². The number of amides is 1. The highest BCUT2D eigenvalue weighted by Gasteiger charge is 2.23. The molecule has 0 aliphatic carbocycles. The number of imidazole rings is 1. The first-order valence-electron chi connectivity index (χ1n) is 10.5. The van der Waals surface area contributed by atoms with Gasteiger partial charge in [0.05, 0.1) is 12.5 Å². The Kier molecular flexibility index (Phi) is 4.80. The molecule has 0 fully saturated rings. The second-order valence-corrected chi connectivity index (χ2v) is 7.97. The molecule has 0 saturated heterocycles. The van der Waals surface area contributed by atoms with Gasteiger partial charge in [0.1, 0.15) is 5.82 Å². The molecule has 0 saturated carbocycles. The number of anilines is 2. The van der Waals surface area contributed by atoms with E-state index in [0.29, 0.717) is 6.42 Å². The number of hydrogen-bond donors (Lipinski definition) is 1. The first kappa shape index (κ1) is 18.0. The monoisotopic (exact) mass is 386 g/mol. The lowest BCUT2D eigenvalue weighted by molar-refractivity contribution is -0.118. The molecule has 1 unspecified atom stereocenters. The van der Waals surface area contributed by atoms with Crippen molar-refractivity contribution in [3.63, 3.8) is 0 Å². The summed E-state index contributed by atoms with van der Waals surface area (Å²) < 4.78 is 2.23. The summed E-state index contributed by atoms with van der Waals surface area (Å²) in [5.41, 5.74) is 4.48. The second kappa shape index (κ2) is 7.74. The van der Waals surface area contributed by atoms with E-state index in [0.717, 1.165) is 61.5 Å². The van der Waals surface area contributed by atoms with Crippen LogP contribution in [-0.2, 0) is 24.2 Å². The molecule has 0 bridgehead atoms. The van der Waals surface area contributed by atoms with Crippen LogP contribution in [0.3, 0.4) is 0 Å². The van der Waals surface area contributed by atoms with E-state index in [4.69, 9.17) is 0 Å². The number of para-hydroxylation sites is 1. The van der Waals surface area contributed by atoms with Crippen molar-refractivity contribution >= 4 is 17.3 Å². The number of nitrogens with zero attached hydrogens (tertiary/aromatic N) is 3. The highest BCUT2D eigenvalue weighted by atomic mass is 16.2. The van der Waals surface area contributed by atoms with Gasteiger partial charge in [-0.2, -0.15) is 0 Å². The van der Waals surface area contributed by atoms with Gasteiger partial charge in [0.15, 0.2) is 0 Å². The molecule has 1 amide bonds. The summed E-state index contributed by atoms with van der Waals surface area (Å²) in [6.07, 6.45) is 8.70. The molecule has 5 heteroatoms. The van der Waals surface area contributed by atoms with Crippen molar-refractivity contribution in [3.05, 3.63) is 77.9 Å². The summed E-state index contributed by atoms with van der Waals surface area (Å²) in [4.78, 5) is 19.4. The minimum absolute atomic E-state index is 0.173. The Morgan fingerprint density at radius 1 is 1.07 bits per heavy atom. The van der Waals surface area contributed by atoms with Gasteiger partial charge < -0.3 is 14.8 Å². The van der Waals surface area contributed by atoms with Gasteiger partial charge in [-0.1, -0.05) is 30.3 Å². The number of nitrogens with one attached hydrogen (secondary N) is 1. The van der Waals surface area contributed by atoms with Crippen molar-refractivity contribution in [1.29, 1.82) is 0 Å². The molecule has 148 valence electrons. The lowest BCUT2D eigenvalue weighted by atomic mass is 10.0. The quantitative estimate of drug-likeness (QED) is 0.725. The zero-order valence-electron chi connectivity index (χ0n) is 16.6. The largest absolute Gasteiger partial charge is 0.375 e. The summed E-state index contributed by atoms with van der Waals surface area (Å²) in [7, 11) is 0. The van der Waals surface area contributed by atoms with E-state index in [-0.39, 0.29) is 11.9 Å². The first-order valence-corrected chi connectivity index (χ1v) is 10.5. The van der Waals surface area contributed by atoms with Crippen LogP contribution in [0.25, 0.3) is 0 Å². The van der Waals surface area contributed by atoms with Crippen molar-refractivity contribution in [1.82, 2.24) is 9.55 Å². The maximum absolute atomic E-state index is 12.9. The van der Waals surface area contributed by atoms with E-state index < -0.39 is 0 Å². The molecule has 3 heterocycles. The molecule has 1 aromatic heterocycles. The van der Waals surface area contributed by atoms with Crippen LogP contribution < -0.4 is 10.2 Å². The molecule has 5 nitrogen and oxygen atoms in total. The summed E-state index contributed by atoms with van der Waals surface area (Å²) in [6.45, 7) is 1.86.